The van der Waals surface area contributed by atoms with E-state index in [4.69, 9.17) is 9.57 Å². The molecule has 0 bridgehead atoms. The summed E-state index contributed by atoms with van der Waals surface area (Å²) in [5.74, 6) is 0.638. The fraction of sp³-hybridized carbons (Fsp3) is 0.538. The van der Waals surface area contributed by atoms with Crippen molar-refractivity contribution in [1.82, 2.24) is 10.0 Å². The molecule has 0 radical (unpaired) electrons. The molecular weight excluding hydrogens is 246 g/mol. The van der Waals surface area contributed by atoms with Crippen LogP contribution in [0.25, 0.3) is 0 Å². The lowest BCUT2D eigenvalue weighted by Crippen LogP contribution is -2.37. The molecule has 1 amide bonds. The molecule has 0 saturated carbocycles. The highest BCUT2D eigenvalue weighted by Crippen LogP contribution is 2.17. The first-order valence-corrected chi connectivity index (χ1v) is 6.25. The Morgan fingerprint density at radius 3 is 2.74 bits per heavy atom. The number of amides is 1. The molecule has 1 aromatic heterocycles. The van der Waals surface area contributed by atoms with Crippen LogP contribution in [0.4, 0.5) is 5.82 Å². The van der Waals surface area contributed by atoms with E-state index in [2.05, 4.69) is 9.88 Å². The van der Waals surface area contributed by atoms with Gasteiger partial charge in [0, 0.05) is 31.4 Å². The normalized spacial score (nSPS) is 15.4. The molecule has 1 saturated heterocycles. The zero-order chi connectivity index (χ0) is 13.8. The molecule has 104 valence electrons. The molecule has 1 aliphatic rings. The minimum Gasteiger partial charge on any atom is -0.378 e. The molecule has 0 unspecified atom stereocenters. The van der Waals surface area contributed by atoms with E-state index in [1.54, 1.807) is 19.2 Å². The highest BCUT2D eigenvalue weighted by atomic mass is 16.7. The van der Waals surface area contributed by atoms with Crippen LogP contribution in [0.3, 0.4) is 0 Å². The number of nitrogens with zero attached hydrogens (tertiary/aromatic N) is 3. The Kier molecular flexibility index (Phi) is 4.34. The van der Waals surface area contributed by atoms with Crippen molar-refractivity contribution < 1.29 is 14.4 Å². The fourth-order valence-electron chi connectivity index (χ4n) is 1.99. The van der Waals surface area contributed by atoms with Crippen LogP contribution in [-0.4, -0.2) is 56.4 Å². The number of aryl methyl sites for hydroxylation is 1. The Balaban J connectivity index is 2.26. The predicted octanol–water partition coefficient (Wildman–Crippen LogP) is 0.860. The van der Waals surface area contributed by atoms with Crippen LogP contribution in [0.15, 0.2) is 12.1 Å². The molecule has 0 aliphatic carbocycles. The van der Waals surface area contributed by atoms with Crippen LogP contribution in [0.5, 0.6) is 0 Å². The molecule has 1 fully saturated rings. The third-order valence-electron chi connectivity index (χ3n) is 3.08. The van der Waals surface area contributed by atoms with E-state index >= 15 is 0 Å². The molecular formula is C13H19N3O3. The number of anilines is 1. The summed E-state index contributed by atoms with van der Waals surface area (Å²) in [6, 6.07) is 3.57. The standard InChI is InChI=1S/C13H19N3O3/c1-10-8-11(13(17)15(2)18-3)9-12(14-10)16-4-6-19-7-5-16/h8-9H,4-7H2,1-3H3. The average Bonchev–Trinajstić information content (AvgIpc) is 2.46. The molecule has 6 heteroatoms. The van der Waals surface area contributed by atoms with Crippen LogP contribution in [0, 0.1) is 6.92 Å². The summed E-state index contributed by atoms with van der Waals surface area (Å²) in [5.41, 5.74) is 1.40. The first-order valence-electron chi connectivity index (χ1n) is 6.25. The van der Waals surface area contributed by atoms with Crippen molar-refractivity contribution in [3.8, 4) is 0 Å². The lowest BCUT2D eigenvalue weighted by molar-refractivity contribution is -0.0757. The maximum absolute atomic E-state index is 12.1. The van der Waals surface area contributed by atoms with Crippen LogP contribution in [0.1, 0.15) is 16.1 Å². The van der Waals surface area contributed by atoms with Crippen molar-refractivity contribution in [3.63, 3.8) is 0 Å². The summed E-state index contributed by atoms with van der Waals surface area (Å²) >= 11 is 0. The molecule has 0 atom stereocenters. The zero-order valence-corrected chi connectivity index (χ0v) is 11.5. The van der Waals surface area contributed by atoms with Gasteiger partial charge in [0.15, 0.2) is 0 Å². The second-order valence-electron chi connectivity index (χ2n) is 4.44. The number of morpholine rings is 1. The number of hydroxylamine groups is 2. The minimum atomic E-state index is -0.178. The van der Waals surface area contributed by atoms with Crippen molar-refractivity contribution in [3.05, 3.63) is 23.4 Å². The van der Waals surface area contributed by atoms with Crippen molar-refractivity contribution in [2.24, 2.45) is 0 Å². The molecule has 2 rings (SSSR count). The largest absolute Gasteiger partial charge is 0.378 e. The molecule has 0 aromatic carbocycles. The maximum atomic E-state index is 12.1. The predicted molar refractivity (Wildman–Crippen MR) is 71.1 cm³/mol. The van der Waals surface area contributed by atoms with E-state index in [1.165, 1.54) is 12.2 Å². The van der Waals surface area contributed by atoms with E-state index in [-0.39, 0.29) is 5.91 Å². The number of pyridine rings is 1. The zero-order valence-electron chi connectivity index (χ0n) is 11.5. The smallest absolute Gasteiger partial charge is 0.277 e. The van der Waals surface area contributed by atoms with E-state index in [9.17, 15) is 4.79 Å². The van der Waals surface area contributed by atoms with Crippen LogP contribution in [-0.2, 0) is 9.57 Å². The molecule has 0 spiro atoms. The first kappa shape index (κ1) is 13.8. The van der Waals surface area contributed by atoms with Crippen LogP contribution in [0.2, 0.25) is 0 Å². The van der Waals surface area contributed by atoms with Crippen molar-refractivity contribution in [1.29, 1.82) is 0 Å². The molecule has 6 nitrogen and oxygen atoms in total. The maximum Gasteiger partial charge on any atom is 0.277 e. The number of ether oxygens (including phenoxy) is 1. The summed E-state index contributed by atoms with van der Waals surface area (Å²) in [7, 11) is 3.06. The van der Waals surface area contributed by atoms with Gasteiger partial charge in [0.1, 0.15) is 5.82 Å². The second kappa shape index (κ2) is 5.99. The average molecular weight is 265 g/mol. The van der Waals surface area contributed by atoms with E-state index in [0.29, 0.717) is 18.8 Å². The summed E-state index contributed by atoms with van der Waals surface area (Å²) < 4.78 is 5.32. The molecule has 19 heavy (non-hydrogen) atoms. The van der Waals surface area contributed by atoms with Gasteiger partial charge in [0.2, 0.25) is 0 Å². The molecule has 1 aliphatic heterocycles. The fourth-order valence-corrected chi connectivity index (χ4v) is 1.99. The van der Waals surface area contributed by atoms with Crippen LogP contribution >= 0.6 is 0 Å². The highest BCUT2D eigenvalue weighted by molar-refractivity contribution is 5.94. The van der Waals surface area contributed by atoms with Crippen LogP contribution < -0.4 is 4.90 Å². The third-order valence-corrected chi connectivity index (χ3v) is 3.08. The molecule has 1 aromatic rings. The lowest BCUT2D eigenvalue weighted by Gasteiger charge is -2.28. The third kappa shape index (κ3) is 3.21. The number of rotatable bonds is 3. The summed E-state index contributed by atoms with van der Waals surface area (Å²) in [4.78, 5) is 23.6. The Morgan fingerprint density at radius 2 is 2.11 bits per heavy atom. The number of carbonyl (C=O) groups is 1. The Morgan fingerprint density at radius 1 is 1.42 bits per heavy atom. The van der Waals surface area contributed by atoms with Gasteiger partial charge in [-0.2, -0.15) is 0 Å². The Hall–Kier alpha value is -1.66. The lowest BCUT2D eigenvalue weighted by atomic mass is 10.2. The van der Waals surface area contributed by atoms with Gasteiger partial charge in [0.05, 0.1) is 20.3 Å². The summed E-state index contributed by atoms with van der Waals surface area (Å²) in [6.07, 6.45) is 0. The van der Waals surface area contributed by atoms with Gasteiger partial charge < -0.3 is 9.64 Å². The van der Waals surface area contributed by atoms with Gasteiger partial charge in [-0.1, -0.05) is 0 Å². The van der Waals surface area contributed by atoms with Gasteiger partial charge in [-0.15, -0.1) is 0 Å². The quantitative estimate of drug-likeness (QED) is 0.759. The monoisotopic (exact) mass is 265 g/mol. The van der Waals surface area contributed by atoms with E-state index < -0.39 is 0 Å². The molecule has 2 heterocycles. The SMILES string of the molecule is CON(C)C(=O)c1cc(C)nc(N2CCOCC2)c1. The topological polar surface area (TPSA) is 54.9 Å². The van der Waals surface area contributed by atoms with Gasteiger partial charge in [-0.3, -0.25) is 9.63 Å². The van der Waals surface area contributed by atoms with Gasteiger partial charge in [0.25, 0.3) is 5.91 Å². The van der Waals surface area contributed by atoms with Crippen molar-refractivity contribution in [2.45, 2.75) is 6.92 Å². The Labute approximate surface area is 112 Å². The van der Waals surface area contributed by atoms with Crippen molar-refractivity contribution in [2.75, 3.05) is 45.4 Å². The summed E-state index contributed by atoms with van der Waals surface area (Å²) in [5, 5.41) is 1.21. The Bertz CT molecular complexity index is 458. The number of aromatic nitrogens is 1. The second-order valence-corrected chi connectivity index (χ2v) is 4.44. The number of hydrogen-bond donors (Lipinski definition) is 0. The van der Waals surface area contributed by atoms with Gasteiger partial charge in [-0.25, -0.2) is 10.0 Å². The highest BCUT2D eigenvalue weighted by Gasteiger charge is 2.17. The molecule has 0 N–H and O–H groups in total. The summed E-state index contributed by atoms with van der Waals surface area (Å²) in [6.45, 7) is 4.86. The number of carbonyl (C=O) groups excluding carboxylic acids is 1. The van der Waals surface area contributed by atoms with E-state index in [0.717, 1.165) is 24.6 Å². The first-order chi connectivity index (χ1) is 9.11. The van der Waals surface area contributed by atoms with Gasteiger partial charge in [-0.05, 0) is 19.1 Å². The number of hydrogen-bond acceptors (Lipinski definition) is 5. The van der Waals surface area contributed by atoms with Gasteiger partial charge >= 0.3 is 0 Å². The minimum absolute atomic E-state index is 0.178. The van der Waals surface area contributed by atoms with Crippen molar-refractivity contribution >= 4 is 11.7 Å². The van der Waals surface area contributed by atoms with E-state index in [1.807, 2.05) is 6.92 Å².